The van der Waals surface area contributed by atoms with Crippen LogP contribution in [0.2, 0.25) is 0 Å². The molecule has 1 aromatic carbocycles. The lowest BCUT2D eigenvalue weighted by Crippen LogP contribution is -2.03. The second-order valence-corrected chi connectivity index (χ2v) is 4.86. The Hall–Kier alpha value is -1.38. The highest BCUT2D eigenvalue weighted by Gasteiger charge is 2.06. The molecule has 2 heteroatoms. The molecule has 1 nitrogen and oxygen atoms in total. The zero-order valence-corrected chi connectivity index (χ0v) is 11.3. The first-order chi connectivity index (χ1) is 8.10. The van der Waals surface area contributed by atoms with Crippen molar-refractivity contribution in [3.05, 3.63) is 60.0 Å². The summed E-state index contributed by atoms with van der Waals surface area (Å²) in [5.41, 5.74) is 8.44. The second-order valence-electron chi connectivity index (χ2n) is 3.95. The average molecular weight is 245 g/mol. The van der Waals surface area contributed by atoms with Crippen molar-refractivity contribution in [3.63, 3.8) is 0 Å². The molecule has 1 aromatic heterocycles. The molecule has 0 saturated carbocycles. The summed E-state index contributed by atoms with van der Waals surface area (Å²) in [6.07, 6.45) is 3.28. The van der Waals surface area contributed by atoms with Crippen LogP contribution in [-0.4, -0.2) is 0 Å². The molecule has 0 aliphatic rings. The van der Waals surface area contributed by atoms with E-state index >= 15 is 0 Å². The third-order valence-corrected chi connectivity index (χ3v) is 3.38. The van der Waals surface area contributed by atoms with Gasteiger partial charge in [-0.3, -0.25) is 0 Å². The van der Waals surface area contributed by atoms with Crippen LogP contribution < -0.4 is 5.73 Å². The monoisotopic (exact) mass is 245 g/mol. The van der Waals surface area contributed by atoms with E-state index in [4.69, 9.17) is 5.73 Å². The van der Waals surface area contributed by atoms with Crippen molar-refractivity contribution >= 4 is 21.4 Å². The van der Waals surface area contributed by atoms with Crippen molar-refractivity contribution in [2.75, 3.05) is 0 Å². The number of fused-ring (bicyclic) bond motifs is 1. The third-order valence-electron chi connectivity index (χ3n) is 2.42. The van der Waals surface area contributed by atoms with Gasteiger partial charge in [0.2, 0.25) is 0 Å². The lowest BCUT2D eigenvalue weighted by Gasteiger charge is -2.02. The van der Waals surface area contributed by atoms with Crippen LogP contribution in [0.4, 0.5) is 0 Å². The predicted molar refractivity (Wildman–Crippen MR) is 79.6 cm³/mol. The normalized spacial score (nSPS) is 11.5. The van der Waals surface area contributed by atoms with Crippen molar-refractivity contribution in [2.24, 2.45) is 5.73 Å². The average Bonchev–Trinajstić information content (AvgIpc) is 2.72. The van der Waals surface area contributed by atoms with Crippen LogP contribution >= 0.6 is 11.3 Å². The minimum absolute atomic E-state index is 0.136. The van der Waals surface area contributed by atoms with Crippen molar-refractivity contribution in [1.82, 2.24) is 0 Å². The first kappa shape index (κ1) is 13.7. The molecule has 1 unspecified atom stereocenters. The largest absolute Gasteiger partial charge is 0.324 e. The minimum atomic E-state index is 0.136. The van der Waals surface area contributed by atoms with Gasteiger partial charge in [0.1, 0.15) is 0 Å². The summed E-state index contributed by atoms with van der Waals surface area (Å²) in [6.45, 7) is 10.9. The van der Waals surface area contributed by atoms with Crippen LogP contribution in [-0.2, 0) is 0 Å². The fourth-order valence-corrected chi connectivity index (χ4v) is 2.67. The Morgan fingerprint density at radius 2 is 1.94 bits per heavy atom. The van der Waals surface area contributed by atoms with Crippen LogP contribution in [0.1, 0.15) is 24.1 Å². The zero-order chi connectivity index (χ0) is 12.8. The molecule has 0 aliphatic carbocycles. The molecule has 1 atom stereocenters. The Morgan fingerprint density at radius 1 is 1.29 bits per heavy atom. The molecule has 0 saturated heterocycles. The minimum Gasteiger partial charge on any atom is -0.324 e. The molecule has 2 N–H and O–H groups in total. The fraction of sp³-hybridized carbons (Fsp3) is 0.200. The van der Waals surface area contributed by atoms with Crippen LogP contribution in [0.25, 0.3) is 10.1 Å². The van der Waals surface area contributed by atoms with E-state index in [0.29, 0.717) is 0 Å². The molecular formula is C15H19NS. The van der Waals surface area contributed by atoms with Crippen LogP contribution in [0.5, 0.6) is 0 Å². The summed E-state index contributed by atoms with van der Waals surface area (Å²) in [7, 11) is 0. The molecule has 0 bridgehead atoms. The van der Waals surface area contributed by atoms with E-state index in [1.54, 1.807) is 23.5 Å². The fourth-order valence-electron chi connectivity index (χ4n) is 1.51. The Balaban J connectivity index is 0.000000317. The van der Waals surface area contributed by atoms with Gasteiger partial charge < -0.3 is 5.73 Å². The lowest BCUT2D eigenvalue weighted by molar-refractivity contribution is 0.830. The first-order valence-corrected chi connectivity index (χ1v) is 6.45. The molecule has 1 heterocycles. The van der Waals surface area contributed by atoms with Gasteiger partial charge in [-0.15, -0.1) is 11.3 Å². The molecule has 0 fully saturated rings. The van der Waals surface area contributed by atoms with E-state index in [1.807, 2.05) is 6.92 Å². The highest BCUT2D eigenvalue weighted by Crippen LogP contribution is 2.29. The molecule has 0 spiro atoms. The Kier molecular flexibility index (Phi) is 5.13. The number of rotatable bonds is 2. The number of allylic oxidation sites excluding steroid dienone is 2. The van der Waals surface area contributed by atoms with E-state index in [2.05, 4.69) is 43.7 Å². The third kappa shape index (κ3) is 3.55. The van der Waals surface area contributed by atoms with Crippen molar-refractivity contribution in [3.8, 4) is 0 Å². The van der Waals surface area contributed by atoms with Gasteiger partial charge in [-0.2, -0.15) is 0 Å². The van der Waals surface area contributed by atoms with Gasteiger partial charge in [-0.25, -0.2) is 0 Å². The summed E-state index contributed by atoms with van der Waals surface area (Å²) < 4.78 is 1.34. The van der Waals surface area contributed by atoms with E-state index in [1.165, 1.54) is 21.2 Å². The second kappa shape index (κ2) is 6.38. The van der Waals surface area contributed by atoms with Gasteiger partial charge in [-0.05, 0) is 41.8 Å². The zero-order valence-electron chi connectivity index (χ0n) is 10.4. The molecule has 90 valence electrons. The van der Waals surface area contributed by atoms with Crippen LogP contribution in [0, 0.1) is 6.92 Å². The molecule has 17 heavy (non-hydrogen) atoms. The van der Waals surface area contributed by atoms with Gasteiger partial charge in [0, 0.05) is 10.7 Å². The van der Waals surface area contributed by atoms with E-state index in [9.17, 15) is 0 Å². The Bertz CT molecular complexity index is 503. The van der Waals surface area contributed by atoms with E-state index in [0.717, 1.165) is 0 Å². The maximum atomic E-state index is 5.87. The summed E-state index contributed by atoms with van der Waals surface area (Å²) in [5, 5.41) is 3.47. The van der Waals surface area contributed by atoms with Gasteiger partial charge in [0.15, 0.2) is 0 Å². The molecule has 2 rings (SSSR count). The molecule has 0 amide bonds. The Morgan fingerprint density at radius 3 is 2.47 bits per heavy atom. The number of hydrogen-bond donors (Lipinski definition) is 1. The molecule has 0 radical (unpaired) electrons. The highest BCUT2D eigenvalue weighted by atomic mass is 32.1. The summed E-state index contributed by atoms with van der Waals surface area (Å²) in [5.74, 6) is 0. The predicted octanol–water partition coefficient (Wildman–Crippen LogP) is 4.59. The smallest absolute Gasteiger partial charge is 0.0348 e. The first-order valence-electron chi connectivity index (χ1n) is 5.57. The summed E-state index contributed by atoms with van der Waals surface area (Å²) >= 11 is 1.78. The van der Waals surface area contributed by atoms with E-state index < -0.39 is 0 Å². The molecular weight excluding hydrogens is 226 g/mol. The van der Waals surface area contributed by atoms with E-state index in [-0.39, 0.29) is 6.04 Å². The summed E-state index contributed by atoms with van der Waals surface area (Å²) in [4.78, 5) is 0. The number of nitrogens with two attached hydrogens (primary N) is 1. The van der Waals surface area contributed by atoms with Gasteiger partial charge in [0.25, 0.3) is 0 Å². The van der Waals surface area contributed by atoms with Gasteiger partial charge in [-0.1, -0.05) is 37.4 Å². The van der Waals surface area contributed by atoms with Crippen molar-refractivity contribution < 1.29 is 0 Å². The number of hydrogen-bond acceptors (Lipinski definition) is 2. The Labute approximate surface area is 107 Å². The van der Waals surface area contributed by atoms with Gasteiger partial charge in [0.05, 0.1) is 0 Å². The number of aryl methyl sites for hydroxylation is 1. The molecule has 0 aliphatic heterocycles. The lowest BCUT2D eigenvalue weighted by atomic mass is 10.1. The van der Waals surface area contributed by atoms with Crippen molar-refractivity contribution in [2.45, 2.75) is 19.9 Å². The topological polar surface area (TPSA) is 26.0 Å². The highest BCUT2D eigenvalue weighted by molar-refractivity contribution is 7.17. The maximum absolute atomic E-state index is 5.87. The quantitative estimate of drug-likeness (QED) is 0.769. The van der Waals surface area contributed by atoms with Crippen LogP contribution in [0.3, 0.4) is 0 Å². The SMILES string of the molecule is C=CC=C.Cc1ccc2c(C(C)N)csc2c1. The van der Waals surface area contributed by atoms with Gasteiger partial charge >= 0.3 is 0 Å². The standard InChI is InChI=1S/C11H13NS.C4H6/c1-7-3-4-9-10(8(2)12)6-13-11(9)5-7;1-3-4-2/h3-6,8H,12H2,1-2H3;3-4H,1-2H2. The number of benzene rings is 1. The van der Waals surface area contributed by atoms with Crippen molar-refractivity contribution in [1.29, 1.82) is 0 Å². The summed E-state index contributed by atoms with van der Waals surface area (Å²) in [6, 6.07) is 6.66. The molecule has 2 aromatic rings. The number of thiophene rings is 1. The van der Waals surface area contributed by atoms with Crippen LogP contribution in [0.15, 0.2) is 48.9 Å². The maximum Gasteiger partial charge on any atom is 0.0348 e.